The number of likely N-dealkylation sites (N-methyl/N-ethyl adjacent to an activating group) is 1. The molecule has 0 saturated heterocycles. The first-order chi connectivity index (χ1) is 10.7. The summed E-state index contributed by atoms with van der Waals surface area (Å²) in [5.74, 6) is -0.210. The largest absolute Gasteiger partial charge is 0.338 e. The molecule has 0 aromatic heterocycles. The smallest absolute Gasteiger partial charge is 0.246 e. The van der Waals surface area contributed by atoms with Crippen molar-refractivity contribution in [2.24, 2.45) is 0 Å². The molecule has 1 rings (SSSR count). The van der Waals surface area contributed by atoms with Gasteiger partial charge in [0.15, 0.2) is 0 Å². The minimum absolute atomic E-state index is 0.162. The van der Waals surface area contributed by atoms with E-state index in [1.165, 1.54) is 37.2 Å². The van der Waals surface area contributed by atoms with Crippen molar-refractivity contribution in [3.63, 3.8) is 0 Å². The molecular formula is C16H21N3O3S. The van der Waals surface area contributed by atoms with Gasteiger partial charge >= 0.3 is 0 Å². The van der Waals surface area contributed by atoms with E-state index >= 15 is 0 Å². The van der Waals surface area contributed by atoms with Crippen LogP contribution in [0.15, 0.2) is 35.2 Å². The Morgan fingerprint density at radius 2 is 1.83 bits per heavy atom. The van der Waals surface area contributed by atoms with Gasteiger partial charge in [0.2, 0.25) is 15.9 Å². The van der Waals surface area contributed by atoms with Gasteiger partial charge in [0.05, 0.1) is 17.4 Å². The fourth-order valence-corrected chi connectivity index (χ4v) is 2.63. The molecule has 7 heteroatoms. The van der Waals surface area contributed by atoms with Crippen LogP contribution >= 0.6 is 0 Å². The van der Waals surface area contributed by atoms with Crippen molar-refractivity contribution >= 4 is 22.0 Å². The second-order valence-corrected chi connectivity index (χ2v) is 7.50. The number of amides is 1. The molecule has 0 spiro atoms. The summed E-state index contributed by atoms with van der Waals surface area (Å²) in [6.45, 7) is 1.80. The van der Waals surface area contributed by atoms with Crippen molar-refractivity contribution in [3.05, 3.63) is 35.9 Å². The highest BCUT2D eigenvalue weighted by Gasteiger charge is 2.16. The maximum Gasteiger partial charge on any atom is 0.246 e. The van der Waals surface area contributed by atoms with Crippen LogP contribution in [-0.2, 0) is 14.8 Å². The predicted octanol–water partition coefficient (Wildman–Crippen LogP) is 1.71. The normalized spacial score (nSPS) is 13.0. The maximum absolute atomic E-state index is 12.0. The Morgan fingerprint density at radius 3 is 2.30 bits per heavy atom. The molecule has 0 saturated carbocycles. The molecule has 0 fully saturated rings. The summed E-state index contributed by atoms with van der Waals surface area (Å²) < 4.78 is 25.1. The fraction of sp³-hybridized carbons (Fsp3) is 0.375. The van der Waals surface area contributed by atoms with E-state index < -0.39 is 10.0 Å². The maximum atomic E-state index is 12.0. The van der Waals surface area contributed by atoms with Crippen LogP contribution in [0.25, 0.3) is 6.08 Å². The van der Waals surface area contributed by atoms with Crippen LogP contribution in [0.5, 0.6) is 0 Å². The van der Waals surface area contributed by atoms with Crippen LogP contribution in [0, 0.1) is 11.3 Å². The number of carbonyl (C=O) groups excluding carboxylic acids is 1. The summed E-state index contributed by atoms with van der Waals surface area (Å²) in [5, 5.41) is 8.65. The standard InChI is InChI=1S/C16H21N3O3S/c1-13(11-12-17)19(4)16(20)10-7-14-5-8-15(9-6-14)23(21,22)18(2)3/h5-10,13H,11H2,1-4H3/b10-7+. The van der Waals surface area contributed by atoms with Gasteiger partial charge in [0.25, 0.3) is 0 Å². The van der Waals surface area contributed by atoms with Crippen molar-refractivity contribution in [1.82, 2.24) is 9.21 Å². The van der Waals surface area contributed by atoms with E-state index in [4.69, 9.17) is 5.26 Å². The van der Waals surface area contributed by atoms with E-state index in [1.54, 1.807) is 32.2 Å². The Morgan fingerprint density at radius 1 is 1.26 bits per heavy atom. The lowest BCUT2D eigenvalue weighted by molar-refractivity contribution is -0.126. The third-order valence-electron chi connectivity index (χ3n) is 3.47. The van der Waals surface area contributed by atoms with Gasteiger partial charge in [0, 0.05) is 33.3 Å². The van der Waals surface area contributed by atoms with Gasteiger partial charge < -0.3 is 4.90 Å². The Bertz CT molecular complexity index is 716. The SMILES string of the molecule is CC(CC#N)N(C)C(=O)/C=C/c1ccc(S(=O)(=O)N(C)C)cc1. The molecule has 0 radical (unpaired) electrons. The van der Waals surface area contributed by atoms with Crippen LogP contribution in [0.4, 0.5) is 0 Å². The average molecular weight is 335 g/mol. The molecule has 0 aliphatic heterocycles. The van der Waals surface area contributed by atoms with Gasteiger partial charge in [-0.3, -0.25) is 4.79 Å². The number of nitrogens with zero attached hydrogens (tertiary/aromatic N) is 3. The van der Waals surface area contributed by atoms with Gasteiger partial charge in [-0.05, 0) is 30.7 Å². The first-order valence-electron chi connectivity index (χ1n) is 7.04. The zero-order chi connectivity index (χ0) is 17.6. The highest BCUT2D eigenvalue weighted by Crippen LogP contribution is 2.15. The third kappa shape index (κ3) is 4.91. The average Bonchev–Trinajstić information content (AvgIpc) is 2.52. The molecule has 0 N–H and O–H groups in total. The molecule has 1 aromatic carbocycles. The molecule has 0 heterocycles. The Balaban J connectivity index is 2.83. The van der Waals surface area contributed by atoms with Crippen molar-refractivity contribution in [1.29, 1.82) is 5.26 Å². The molecule has 1 aromatic rings. The van der Waals surface area contributed by atoms with Gasteiger partial charge in [-0.15, -0.1) is 0 Å². The third-order valence-corrected chi connectivity index (χ3v) is 5.30. The number of rotatable bonds is 6. The Hall–Kier alpha value is -2.17. The van der Waals surface area contributed by atoms with E-state index in [-0.39, 0.29) is 23.3 Å². The van der Waals surface area contributed by atoms with Gasteiger partial charge in [0.1, 0.15) is 0 Å². The monoisotopic (exact) mass is 335 g/mol. The van der Waals surface area contributed by atoms with E-state index in [2.05, 4.69) is 0 Å². The van der Waals surface area contributed by atoms with Gasteiger partial charge in [-0.1, -0.05) is 12.1 Å². The van der Waals surface area contributed by atoms with Crippen molar-refractivity contribution in [2.75, 3.05) is 21.1 Å². The number of hydrogen-bond donors (Lipinski definition) is 0. The fourth-order valence-electron chi connectivity index (χ4n) is 1.73. The Kier molecular flexibility index (Phi) is 6.49. The van der Waals surface area contributed by atoms with Crippen LogP contribution in [0.3, 0.4) is 0 Å². The molecule has 1 atom stereocenters. The van der Waals surface area contributed by atoms with Crippen molar-refractivity contribution < 1.29 is 13.2 Å². The topological polar surface area (TPSA) is 81.5 Å². The van der Waals surface area contributed by atoms with Crippen molar-refractivity contribution in [3.8, 4) is 6.07 Å². The number of nitriles is 1. The summed E-state index contributed by atoms with van der Waals surface area (Å²) >= 11 is 0. The summed E-state index contributed by atoms with van der Waals surface area (Å²) in [6.07, 6.45) is 3.29. The predicted molar refractivity (Wildman–Crippen MR) is 88.8 cm³/mol. The van der Waals surface area contributed by atoms with Gasteiger partial charge in [-0.2, -0.15) is 5.26 Å². The second-order valence-electron chi connectivity index (χ2n) is 5.35. The zero-order valence-corrected chi connectivity index (χ0v) is 14.5. The molecule has 0 aliphatic carbocycles. The van der Waals surface area contributed by atoms with E-state index in [0.29, 0.717) is 0 Å². The highest BCUT2D eigenvalue weighted by atomic mass is 32.2. The molecule has 1 amide bonds. The molecule has 124 valence electrons. The summed E-state index contributed by atoms with van der Waals surface area (Å²) in [7, 11) is 1.13. The van der Waals surface area contributed by atoms with Crippen LogP contribution in [-0.4, -0.2) is 50.7 Å². The molecule has 23 heavy (non-hydrogen) atoms. The number of carbonyl (C=O) groups is 1. The first-order valence-corrected chi connectivity index (χ1v) is 8.48. The van der Waals surface area contributed by atoms with E-state index in [0.717, 1.165) is 9.87 Å². The summed E-state index contributed by atoms with van der Waals surface area (Å²) in [6, 6.07) is 8.14. The zero-order valence-electron chi connectivity index (χ0n) is 13.7. The number of hydrogen-bond acceptors (Lipinski definition) is 4. The minimum Gasteiger partial charge on any atom is -0.338 e. The quantitative estimate of drug-likeness (QED) is 0.741. The molecule has 6 nitrogen and oxygen atoms in total. The van der Waals surface area contributed by atoms with Crippen molar-refractivity contribution in [2.45, 2.75) is 24.3 Å². The lowest BCUT2D eigenvalue weighted by atomic mass is 10.2. The highest BCUT2D eigenvalue weighted by molar-refractivity contribution is 7.89. The number of sulfonamides is 1. The number of benzene rings is 1. The second kappa shape index (κ2) is 7.90. The van der Waals surface area contributed by atoms with Crippen LogP contribution < -0.4 is 0 Å². The summed E-state index contributed by atoms with van der Waals surface area (Å²) in [4.78, 5) is 13.7. The Labute approximate surface area is 137 Å². The van der Waals surface area contributed by atoms with E-state index in [9.17, 15) is 13.2 Å². The van der Waals surface area contributed by atoms with Gasteiger partial charge in [-0.25, -0.2) is 12.7 Å². The van der Waals surface area contributed by atoms with Crippen LogP contribution in [0.2, 0.25) is 0 Å². The van der Waals surface area contributed by atoms with E-state index in [1.807, 2.05) is 6.07 Å². The molecular weight excluding hydrogens is 314 g/mol. The lowest BCUT2D eigenvalue weighted by Gasteiger charge is -2.21. The minimum atomic E-state index is -3.45. The molecule has 1 unspecified atom stereocenters. The molecule has 0 bridgehead atoms. The first kappa shape index (κ1) is 18.9. The van der Waals surface area contributed by atoms with Crippen LogP contribution in [0.1, 0.15) is 18.9 Å². The summed E-state index contributed by atoms with van der Waals surface area (Å²) in [5.41, 5.74) is 0.720. The lowest BCUT2D eigenvalue weighted by Crippen LogP contribution is -2.33. The molecule has 0 aliphatic rings.